The third-order valence-corrected chi connectivity index (χ3v) is 2.59. The first-order valence-corrected chi connectivity index (χ1v) is 5.31. The number of rotatable bonds is 4. The predicted molar refractivity (Wildman–Crippen MR) is 56.7 cm³/mol. The molecule has 0 aliphatic heterocycles. The molecule has 2 aromatic rings. The quantitative estimate of drug-likeness (QED) is 0.805. The highest BCUT2D eigenvalue weighted by molar-refractivity contribution is 7.07. The van der Waals surface area contributed by atoms with Gasteiger partial charge < -0.3 is 10.3 Å². The molecule has 2 heterocycles. The highest BCUT2D eigenvalue weighted by atomic mass is 32.1. The zero-order chi connectivity index (χ0) is 10.5. The Morgan fingerprint density at radius 2 is 2.53 bits per heavy atom. The maximum atomic E-state index is 11.4. The number of carbonyl (C=O) groups is 1. The molecule has 2 N–H and O–H groups in total. The van der Waals surface area contributed by atoms with E-state index in [0.29, 0.717) is 11.4 Å². The Morgan fingerprint density at radius 3 is 3.20 bits per heavy atom. The van der Waals surface area contributed by atoms with Crippen LogP contribution in [0.5, 0.6) is 0 Å². The minimum Gasteiger partial charge on any atom is -0.365 e. The average Bonchev–Trinajstić information content (AvgIpc) is 2.90. The third kappa shape index (κ3) is 2.63. The number of hydrogen-bond donors (Lipinski definition) is 2. The van der Waals surface area contributed by atoms with Crippen LogP contribution in [0.4, 0.5) is 0 Å². The van der Waals surface area contributed by atoms with E-state index in [9.17, 15) is 4.79 Å². The fraction of sp³-hybridized carbons (Fsp3) is 0.222. The highest BCUT2D eigenvalue weighted by Gasteiger charge is 2.06. The lowest BCUT2D eigenvalue weighted by Gasteiger charge is -2.00. The molecule has 0 radical (unpaired) electrons. The van der Waals surface area contributed by atoms with Gasteiger partial charge in [-0.3, -0.25) is 4.79 Å². The van der Waals surface area contributed by atoms with E-state index < -0.39 is 0 Å². The summed E-state index contributed by atoms with van der Waals surface area (Å²) in [6.07, 6.45) is 4.13. The van der Waals surface area contributed by atoms with E-state index in [1.54, 1.807) is 0 Å². The van der Waals surface area contributed by atoms with Crippen LogP contribution in [0, 0.1) is 0 Å². The molecular weight excluding hydrogens is 212 g/mol. The van der Waals surface area contributed by atoms with E-state index in [4.69, 9.17) is 0 Å². The SMILES string of the molecule is O=C(NCCc1ccc[nH]1)c1cnns1. The maximum Gasteiger partial charge on any atom is 0.264 e. The summed E-state index contributed by atoms with van der Waals surface area (Å²) < 4.78 is 3.63. The number of hydrogen-bond acceptors (Lipinski definition) is 4. The molecule has 0 atom stereocenters. The molecule has 1 amide bonds. The van der Waals surface area contributed by atoms with Crippen LogP contribution < -0.4 is 5.32 Å². The van der Waals surface area contributed by atoms with Gasteiger partial charge in [-0.1, -0.05) is 4.49 Å². The Labute approximate surface area is 90.7 Å². The van der Waals surface area contributed by atoms with Crippen molar-refractivity contribution in [1.29, 1.82) is 0 Å². The lowest BCUT2D eigenvalue weighted by atomic mass is 10.3. The highest BCUT2D eigenvalue weighted by Crippen LogP contribution is 2.01. The first-order chi connectivity index (χ1) is 7.36. The fourth-order valence-corrected chi connectivity index (χ4v) is 1.62. The van der Waals surface area contributed by atoms with E-state index in [1.807, 2.05) is 18.3 Å². The number of aromatic nitrogens is 3. The summed E-state index contributed by atoms with van der Waals surface area (Å²) in [5.41, 5.74) is 1.11. The van der Waals surface area contributed by atoms with Gasteiger partial charge in [-0.05, 0) is 23.7 Å². The first-order valence-electron chi connectivity index (χ1n) is 4.54. The predicted octanol–water partition coefficient (Wildman–Crippen LogP) is 0.839. The smallest absolute Gasteiger partial charge is 0.264 e. The summed E-state index contributed by atoms with van der Waals surface area (Å²) in [6, 6.07) is 3.92. The summed E-state index contributed by atoms with van der Waals surface area (Å²) in [5, 5.41) is 6.40. The van der Waals surface area contributed by atoms with Gasteiger partial charge in [0.05, 0.1) is 6.20 Å². The summed E-state index contributed by atoms with van der Waals surface area (Å²) in [6.45, 7) is 0.608. The molecule has 0 aromatic carbocycles. The number of carbonyl (C=O) groups excluding carboxylic acids is 1. The molecule has 0 saturated heterocycles. The summed E-state index contributed by atoms with van der Waals surface area (Å²) in [5.74, 6) is -0.114. The van der Waals surface area contributed by atoms with Crippen LogP contribution in [0.2, 0.25) is 0 Å². The van der Waals surface area contributed by atoms with Crippen LogP contribution in [0.1, 0.15) is 15.4 Å². The third-order valence-electron chi connectivity index (χ3n) is 1.93. The summed E-state index contributed by atoms with van der Waals surface area (Å²) in [7, 11) is 0. The van der Waals surface area contributed by atoms with Gasteiger partial charge in [0.1, 0.15) is 4.88 Å². The van der Waals surface area contributed by atoms with Crippen molar-refractivity contribution in [3.8, 4) is 0 Å². The standard InChI is InChI=1S/C9H10N4OS/c14-9(8-6-12-13-15-8)11-5-3-7-2-1-4-10-7/h1-2,4,6,10H,3,5H2,(H,11,14). The second-order valence-electron chi connectivity index (χ2n) is 2.98. The van der Waals surface area contributed by atoms with Gasteiger partial charge in [0.15, 0.2) is 0 Å². The molecule has 0 aliphatic carbocycles. The molecule has 2 aromatic heterocycles. The number of nitrogens with one attached hydrogen (secondary N) is 2. The summed E-state index contributed by atoms with van der Waals surface area (Å²) in [4.78, 5) is 15.1. The van der Waals surface area contributed by atoms with Gasteiger partial charge in [-0.15, -0.1) is 5.10 Å². The normalized spacial score (nSPS) is 10.1. The number of nitrogens with zero attached hydrogens (tertiary/aromatic N) is 2. The Morgan fingerprint density at radius 1 is 1.60 bits per heavy atom. The second-order valence-corrected chi connectivity index (χ2v) is 3.77. The van der Waals surface area contributed by atoms with Gasteiger partial charge in [-0.2, -0.15) is 0 Å². The Bertz CT molecular complexity index is 409. The van der Waals surface area contributed by atoms with Gasteiger partial charge in [0.25, 0.3) is 5.91 Å². The van der Waals surface area contributed by atoms with Crippen molar-refractivity contribution in [2.75, 3.05) is 6.54 Å². The number of aromatic amines is 1. The molecule has 0 aliphatic rings. The molecule has 5 nitrogen and oxygen atoms in total. The van der Waals surface area contributed by atoms with Crippen molar-refractivity contribution in [2.45, 2.75) is 6.42 Å². The maximum absolute atomic E-state index is 11.4. The van der Waals surface area contributed by atoms with Crippen molar-refractivity contribution in [3.05, 3.63) is 35.1 Å². The van der Waals surface area contributed by atoms with Crippen molar-refractivity contribution >= 4 is 17.4 Å². The zero-order valence-electron chi connectivity index (χ0n) is 7.93. The second kappa shape index (κ2) is 4.70. The van der Waals surface area contributed by atoms with Crippen LogP contribution in [0.25, 0.3) is 0 Å². The van der Waals surface area contributed by atoms with Crippen LogP contribution in [-0.2, 0) is 6.42 Å². The van der Waals surface area contributed by atoms with Crippen LogP contribution in [0.3, 0.4) is 0 Å². The lowest BCUT2D eigenvalue weighted by Crippen LogP contribution is -2.24. The Hall–Kier alpha value is -1.69. The van der Waals surface area contributed by atoms with Crippen molar-refractivity contribution in [3.63, 3.8) is 0 Å². The number of amides is 1. The number of H-pyrrole nitrogens is 1. The minimum absolute atomic E-state index is 0.114. The molecule has 6 heteroatoms. The molecule has 78 valence electrons. The Kier molecular flexibility index (Phi) is 3.08. The minimum atomic E-state index is -0.114. The van der Waals surface area contributed by atoms with E-state index in [1.165, 1.54) is 6.20 Å². The van der Waals surface area contributed by atoms with E-state index >= 15 is 0 Å². The zero-order valence-corrected chi connectivity index (χ0v) is 8.75. The topological polar surface area (TPSA) is 70.7 Å². The fourth-order valence-electron chi connectivity index (χ4n) is 1.19. The molecule has 0 saturated carbocycles. The van der Waals surface area contributed by atoms with Gasteiger partial charge in [0.2, 0.25) is 0 Å². The molecule has 0 unspecified atom stereocenters. The van der Waals surface area contributed by atoms with Gasteiger partial charge in [-0.25, -0.2) is 0 Å². The van der Waals surface area contributed by atoms with Crippen LogP contribution in [0.15, 0.2) is 24.5 Å². The first kappa shape index (κ1) is 9.85. The lowest BCUT2D eigenvalue weighted by molar-refractivity contribution is 0.0958. The molecule has 0 spiro atoms. The average molecular weight is 222 g/mol. The van der Waals surface area contributed by atoms with Gasteiger partial charge in [0, 0.05) is 24.9 Å². The van der Waals surface area contributed by atoms with E-state index in [2.05, 4.69) is 19.9 Å². The monoisotopic (exact) mass is 222 g/mol. The van der Waals surface area contributed by atoms with Crippen LogP contribution >= 0.6 is 11.5 Å². The molecule has 2 rings (SSSR count). The largest absolute Gasteiger partial charge is 0.365 e. The molecule has 15 heavy (non-hydrogen) atoms. The molecular formula is C9H10N4OS. The van der Waals surface area contributed by atoms with Crippen molar-refractivity contribution < 1.29 is 4.79 Å². The Balaban J connectivity index is 1.77. The van der Waals surface area contributed by atoms with Crippen molar-refractivity contribution in [1.82, 2.24) is 19.9 Å². The molecule has 0 bridgehead atoms. The summed E-state index contributed by atoms with van der Waals surface area (Å²) >= 11 is 1.10. The van der Waals surface area contributed by atoms with E-state index in [0.717, 1.165) is 23.6 Å². The molecule has 0 fully saturated rings. The van der Waals surface area contributed by atoms with Gasteiger partial charge >= 0.3 is 0 Å². The van der Waals surface area contributed by atoms with E-state index in [-0.39, 0.29) is 5.91 Å². The van der Waals surface area contributed by atoms with Crippen LogP contribution in [-0.4, -0.2) is 27.0 Å². The van der Waals surface area contributed by atoms with Crippen molar-refractivity contribution in [2.24, 2.45) is 0 Å².